The summed E-state index contributed by atoms with van der Waals surface area (Å²) in [6, 6.07) is 17.5. The van der Waals surface area contributed by atoms with Crippen molar-refractivity contribution >= 4 is 23.9 Å². The molecule has 1 spiro atoms. The van der Waals surface area contributed by atoms with Gasteiger partial charge in [0.15, 0.2) is 30.2 Å². The number of rotatable bonds is 8. The number of benzene rings is 4. The van der Waals surface area contributed by atoms with Crippen molar-refractivity contribution in [2.24, 2.45) is 0 Å². The van der Waals surface area contributed by atoms with Crippen LogP contribution in [-0.2, 0) is 28.4 Å². The summed E-state index contributed by atoms with van der Waals surface area (Å²) >= 11 is 0. The van der Waals surface area contributed by atoms with Gasteiger partial charge in [-0.2, -0.15) is 0 Å². The van der Waals surface area contributed by atoms with Crippen molar-refractivity contribution in [1.29, 1.82) is 0 Å². The molecule has 14 heteroatoms. The molecule has 2 saturated carbocycles. The van der Waals surface area contributed by atoms with Crippen molar-refractivity contribution in [2.45, 2.75) is 74.5 Å². The normalized spacial score (nSPS) is 24.2. The third-order valence-corrected chi connectivity index (χ3v) is 9.55. The van der Waals surface area contributed by atoms with Crippen LogP contribution in [-0.4, -0.2) is 66.3 Å². The number of ether oxygens (including phenoxy) is 6. The molecule has 1 aliphatic heterocycles. The summed E-state index contributed by atoms with van der Waals surface area (Å²) in [5, 5.41) is 0. The molecule has 0 bridgehead atoms. The Morgan fingerprint density at radius 3 is 0.963 bits per heavy atom. The maximum absolute atomic E-state index is 13.8. The van der Waals surface area contributed by atoms with Gasteiger partial charge in [-0.25, -0.2) is 36.7 Å². The highest BCUT2D eigenvalue weighted by molar-refractivity contribution is 5.92. The molecule has 7 rings (SSSR count). The molecule has 3 aliphatic rings. The van der Waals surface area contributed by atoms with Gasteiger partial charge in [-0.15, -0.1) is 0 Å². The fourth-order valence-electron chi connectivity index (χ4n) is 6.89. The number of fused-ring (bicyclic) bond motifs is 1. The second-order valence-corrected chi connectivity index (χ2v) is 13.1. The molecule has 3 fully saturated rings. The third-order valence-electron chi connectivity index (χ3n) is 9.55. The van der Waals surface area contributed by atoms with E-state index in [9.17, 15) is 36.7 Å². The first kappa shape index (κ1) is 36.7. The number of hydrogen-bond donors (Lipinski definition) is 0. The molecule has 0 N–H and O–H groups in total. The summed E-state index contributed by atoms with van der Waals surface area (Å²) in [7, 11) is 0. The molecule has 2 aliphatic carbocycles. The Bertz CT molecular complexity index is 1860. The number of esters is 4. The smallest absolute Gasteiger partial charge is 0.338 e. The van der Waals surface area contributed by atoms with Crippen molar-refractivity contribution in [3.05, 3.63) is 143 Å². The van der Waals surface area contributed by atoms with Gasteiger partial charge in [0.25, 0.3) is 0 Å². The fraction of sp³-hybridized carbons (Fsp3) is 0.300. The first-order valence-electron chi connectivity index (χ1n) is 17.2. The van der Waals surface area contributed by atoms with Gasteiger partial charge in [0.2, 0.25) is 0 Å². The SMILES string of the molecule is O=C(O[C@@H]1[C@H](OC(=O)c2ccc(F)cc2)[C@@H](OC(=O)c2ccc(F)cc2)[C@@H]2OC3(CCCCC3)O[C@@H]2[C@H]1OC(=O)c1ccc(F)cc1)c1ccc(F)cc1. The highest BCUT2D eigenvalue weighted by Crippen LogP contribution is 2.48. The Morgan fingerprint density at radius 2 is 0.685 bits per heavy atom. The van der Waals surface area contributed by atoms with Crippen LogP contribution in [0.1, 0.15) is 73.5 Å². The number of hydrogen-bond acceptors (Lipinski definition) is 10. The molecule has 0 unspecified atom stereocenters. The van der Waals surface area contributed by atoms with Crippen LogP contribution in [0.2, 0.25) is 0 Å². The Labute approximate surface area is 305 Å². The van der Waals surface area contributed by atoms with E-state index in [0.29, 0.717) is 25.7 Å². The van der Waals surface area contributed by atoms with Crippen LogP contribution in [0.15, 0.2) is 97.1 Å². The van der Waals surface area contributed by atoms with Crippen LogP contribution in [0.25, 0.3) is 0 Å². The van der Waals surface area contributed by atoms with Crippen molar-refractivity contribution in [3.63, 3.8) is 0 Å². The van der Waals surface area contributed by atoms with Crippen LogP contribution < -0.4 is 0 Å². The summed E-state index contributed by atoms with van der Waals surface area (Å²) in [5.74, 6) is -7.95. The molecule has 6 atom stereocenters. The zero-order valence-electron chi connectivity index (χ0n) is 28.3. The van der Waals surface area contributed by atoms with E-state index >= 15 is 0 Å². The molecular weight excluding hydrogens is 716 g/mol. The number of halogens is 4. The lowest BCUT2D eigenvalue weighted by Gasteiger charge is -2.44. The molecule has 10 nitrogen and oxygen atoms in total. The molecule has 4 aromatic carbocycles. The summed E-state index contributed by atoms with van der Waals surface area (Å²) in [6.45, 7) is 0. The lowest BCUT2D eigenvalue weighted by molar-refractivity contribution is -0.203. The molecule has 0 aromatic heterocycles. The van der Waals surface area contributed by atoms with Gasteiger partial charge < -0.3 is 28.4 Å². The summed E-state index contributed by atoms with van der Waals surface area (Å²) in [6.07, 6.45) is -6.46. The minimum atomic E-state index is -1.80. The van der Waals surface area contributed by atoms with E-state index in [1.54, 1.807) is 0 Å². The average molecular weight is 749 g/mol. The lowest BCUT2D eigenvalue weighted by Crippen LogP contribution is -2.66. The minimum Gasteiger partial charge on any atom is -0.452 e. The van der Waals surface area contributed by atoms with E-state index in [0.717, 1.165) is 79.2 Å². The second kappa shape index (κ2) is 15.4. The van der Waals surface area contributed by atoms with Crippen LogP contribution in [0, 0.1) is 23.3 Å². The number of carbonyl (C=O) groups excluding carboxylic acids is 4. The van der Waals surface area contributed by atoms with Gasteiger partial charge >= 0.3 is 23.9 Å². The fourth-order valence-corrected chi connectivity index (χ4v) is 6.89. The van der Waals surface area contributed by atoms with Crippen molar-refractivity contribution in [2.75, 3.05) is 0 Å². The topological polar surface area (TPSA) is 124 Å². The molecule has 1 saturated heterocycles. The second-order valence-electron chi connectivity index (χ2n) is 13.1. The van der Waals surface area contributed by atoms with Crippen molar-refractivity contribution in [1.82, 2.24) is 0 Å². The predicted molar refractivity (Wildman–Crippen MR) is 178 cm³/mol. The Morgan fingerprint density at radius 1 is 0.426 bits per heavy atom. The van der Waals surface area contributed by atoms with E-state index in [1.165, 1.54) is 24.3 Å². The van der Waals surface area contributed by atoms with E-state index < -0.39 is 89.6 Å². The average Bonchev–Trinajstić information content (AvgIpc) is 3.53. The van der Waals surface area contributed by atoms with E-state index in [4.69, 9.17) is 28.4 Å². The van der Waals surface area contributed by atoms with Crippen molar-refractivity contribution < 1.29 is 65.2 Å². The van der Waals surface area contributed by atoms with E-state index in [1.807, 2.05) is 0 Å². The Balaban J connectivity index is 1.34. The molecule has 0 radical (unpaired) electrons. The van der Waals surface area contributed by atoms with Gasteiger partial charge in [0.1, 0.15) is 35.5 Å². The molecule has 280 valence electrons. The van der Waals surface area contributed by atoms with Gasteiger partial charge in [-0.1, -0.05) is 6.42 Å². The first-order chi connectivity index (χ1) is 26.0. The van der Waals surface area contributed by atoms with Gasteiger partial charge in [0.05, 0.1) is 22.3 Å². The molecule has 0 amide bonds. The van der Waals surface area contributed by atoms with Crippen LogP contribution >= 0.6 is 0 Å². The molecule has 1 heterocycles. The van der Waals surface area contributed by atoms with Gasteiger partial charge in [-0.3, -0.25) is 0 Å². The third kappa shape index (κ3) is 7.85. The highest BCUT2D eigenvalue weighted by atomic mass is 19.1. The van der Waals surface area contributed by atoms with Gasteiger partial charge in [0, 0.05) is 12.8 Å². The summed E-state index contributed by atoms with van der Waals surface area (Å²) in [5.41, 5.74) is -0.462. The zero-order valence-corrected chi connectivity index (χ0v) is 28.3. The summed E-state index contributed by atoms with van der Waals surface area (Å²) in [4.78, 5) is 54.9. The number of carbonyl (C=O) groups is 4. The van der Waals surface area contributed by atoms with E-state index in [-0.39, 0.29) is 22.3 Å². The summed E-state index contributed by atoms with van der Waals surface area (Å²) < 4.78 is 92.3. The van der Waals surface area contributed by atoms with Crippen LogP contribution in [0.3, 0.4) is 0 Å². The highest BCUT2D eigenvalue weighted by Gasteiger charge is 2.65. The predicted octanol–water partition coefficient (Wildman–Crippen LogP) is 6.90. The lowest BCUT2D eigenvalue weighted by atomic mass is 9.84. The quantitative estimate of drug-likeness (QED) is 0.107. The Hall–Kier alpha value is -5.60. The first-order valence-corrected chi connectivity index (χ1v) is 17.2. The monoisotopic (exact) mass is 748 g/mol. The van der Waals surface area contributed by atoms with Gasteiger partial charge in [-0.05, 0) is 110 Å². The maximum Gasteiger partial charge on any atom is 0.338 e. The molecule has 4 aromatic rings. The largest absolute Gasteiger partial charge is 0.452 e. The maximum atomic E-state index is 13.8. The Kier molecular flexibility index (Phi) is 10.5. The van der Waals surface area contributed by atoms with Crippen molar-refractivity contribution in [3.8, 4) is 0 Å². The minimum absolute atomic E-state index is 0.0902. The van der Waals surface area contributed by atoms with E-state index in [2.05, 4.69) is 0 Å². The standard InChI is InChI=1S/C40H32F4O10/c41-26-12-4-22(5-13-26)36(45)49-30-31(50-37(46)23-6-14-27(42)15-7-23)33(52-39(48)25-10-18-29(44)19-11-25)35-34(53-40(54-35)20-2-1-3-21-40)32(30)51-38(47)24-8-16-28(43)17-9-24/h4-19,30-35H,1-3,20-21H2/t30-,31+,32+,33-,34-,35+. The van der Waals surface area contributed by atoms with Crippen LogP contribution in [0.5, 0.6) is 0 Å². The zero-order chi connectivity index (χ0) is 38.0. The van der Waals surface area contributed by atoms with Crippen LogP contribution in [0.4, 0.5) is 17.6 Å². The molecule has 54 heavy (non-hydrogen) atoms. The molecular formula is C40H32F4O10.